The minimum atomic E-state index is -0.0698. The smallest absolute Gasteiger partial charge is 0.243 e. The Labute approximate surface area is 129 Å². The molecule has 0 aliphatic heterocycles. The number of hydrogen-bond donors (Lipinski definition) is 2. The molecule has 1 rings (SSSR count). The van der Waals surface area contributed by atoms with Gasteiger partial charge in [0.15, 0.2) is 0 Å². The molecule has 0 aliphatic rings. The van der Waals surface area contributed by atoms with Crippen molar-refractivity contribution < 1.29 is 9.90 Å². The number of nitrogens with one attached hydrogen (secondary N) is 1. The lowest BCUT2D eigenvalue weighted by Gasteiger charge is -2.02. The van der Waals surface area contributed by atoms with Gasteiger partial charge in [-0.2, -0.15) is 0 Å². The molecule has 1 aromatic carbocycles. The first kappa shape index (κ1) is 16.9. The number of rotatable bonds is 8. The van der Waals surface area contributed by atoms with E-state index in [0.717, 1.165) is 35.7 Å². The van der Waals surface area contributed by atoms with Crippen molar-refractivity contribution in [3.63, 3.8) is 0 Å². The van der Waals surface area contributed by atoms with E-state index in [0.29, 0.717) is 6.54 Å². The van der Waals surface area contributed by atoms with Gasteiger partial charge in [0, 0.05) is 23.7 Å². The first-order valence-corrected chi connectivity index (χ1v) is 7.75. The summed E-state index contributed by atoms with van der Waals surface area (Å²) in [6, 6.07) is 6.03. The average molecular weight is 340 g/mol. The number of aliphatic hydroxyl groups is 1. The molecule has 0 fully saturated rings. The second-order valence-electron chi connectivity index (χ2n) is 4.79. The standard InChI is InChI=1S/C16H22BrNO2/c1-13-6-7-14(15(17)12-13)8-9-16(20)18-10-4-2-3-5-11-19/h6-9,12,19H,2-5,10-11H2,1H3,(H,18,20)/b9-8+. The minimum absolute atomic E-state index is 0.0698. The molecule has 0 bridgehead atoms. The van der Waals surface area contributed by atoms with Crippen molar-refractivity contribution in [2.75, 3.05) is 13.2 Å². The van der Waals surface area contributed by atoms with Gasteiger partial charge in [-0.3, -0.25) is 4.79 Å². The van der Waals surface area contributed by atoms with Crippen LogP contribution in [0.3, 0.4) is 0 Å². The Morgan fingerprint density at radius 3 is 2.75 bits per heavy atom. The maximum Gasteiger partial charge on any atom is 0.243 e. The van der Waals surface area contributed by atoms with Crippen molar-refractivity contribution in [1.82, 2.24) is 5.32 Å². The summed E-state index contributed by atoms with van der Waals surface area (Å²) < 4.78 is 0.991. The van der Waals surface area contributed by atoms with Crippen LogP contribution < -0.4 is 5.32 Å². The summed E-state index contributed by atoms with van der Waals surface area (Å²) in [5, 5.41) is 11.5. The predicted octanol–water partition coefficient (Wildman–Crippen LogP) is 3.44. The fourth-order valence-electron chi connectivity index (χ4n) is 1.79. The van der Waals surface area contributed by atoms with Crippen LogP contribution in [0.2, 0.25) is 0 Å². The van der Waals surface area contributed by atoms with Crippen LogP contribution in [-0.2, 0) is 4.79 Å². The van der Waals surface area contributed by atoms with E-state index in [1.165, 1.54) is 5.56 Å². The van der Waals surface area contributed by atoms with E-state index in [9.17, 15) is 4.79 Å². The second kappa shape index (κ2) is 9.72. The van der Waals surface area contributed by atoms with Crippen LogP contribution in [0.15, 0.2) is 28.7 Å². The Hall–Kier alpha value is -1.13. The molecule has 2 N–H and O–H groups in total. The number of aryl methyl sites for hydroxylation is 1. The number of carbonyl (C=O) groups excluding carboxylic acids is 1. The van der Waals surface area contributed by atoms with E-state index in [4.69, 9.17) is 5.11 Å². The summed E-state index contributed by atoms with van der Waals surface area (Å²) in [4.78, 5) is 11.6. The van der Waals surface area contributed by atoms with Crippen LogP contribution in [0, 0.1) is 6.92 Å². The van der Waals surface area contributed by atoms with E-state index in [1.54, 1.807) is 6.08 Å². The Bertz CT molecular complexity index is 458. The number of halogens is 1. The van der Waals surface area contributed by atoms with Gasteiger partial charge in [-0.15, -0.1) is 0 Å². The second-order valence-corrected chi connectivity index (χ2v) is 5.64. The molecule has 0 radical (unpaired) electrons. The van der Waals surface area contributed by atoms with E-state index in [1.807, 2.05) is 31.2 Å². The highest BCUT2D eigenvalue weighted by Gasteiger charge is 1.98. The SMILES string of the molecule is Cc1ccc(/C=C/C(=O)NCCCCCCO)c(Br)c1. The number of hydrogen-bond acceptors (Lipinski definition) is 2. The highest BCUT2D eigenvalue weighted by Crippen LogP contribution is 2.19. The molecule has 0 unspecified atom stereocenters. The topological polar surface area (TPSA) is 49.3 Å². The lowest BCUT2D eigenvalue weighted by atomic mass is 10.1. The first-order chi connectivity index (χ1) is 9.63. The predicted molar refractivity (Wildman–Crippen MR) is 86.5 cm³/mol. The van der Waals surface area contributed by atoms with Gasteiger partial charge in [-0.05, 0) is 43.0 Å². The van der Waals surface area contributed by atoms with Gasteiger partial charge in [0.05, 0.1) is 0 Å². The average Bonchev–Trinajstić information content (AvgIpc) is 2.41. The highest BCUT2D eigenvalue weighted by atomic mass is 79.9. The highest BCUT2D eigenvalue weighted by molar-refractivity contribution is 9.10. The number of carbonyl (C=O) groups is 1. The van der Waals surface area contributed by atoms with Crippen LogP contribution in [0.5, 0.6) is 0 Å². The molecule has 1 amide bonds. The molecule has 0 aromatic heterocycles. The van der Waals surface area contributed by atoms with Crippen LogP contribution in [0.25, 0.3) is 6.08 Å². The van der Waals surface area contributed by atoms with Crippen molar-refractivity contribution >= 4 is 27.9 Å². The van der Waals surface area contributed by atoms with Crippen LogP contribution >= 0.6 is 15.9 Å². The molecule has 3 nitrogen and oxygen atoms in total. The summed E-state index contributed by atoms with van der Waals surface area (Å²) in [7, 11) is 0. The molecule has 0 saturated heterocycles. The molecule has 0 aliphatic carbocycles. The monoisotopic (exact) mass is 339 g/mol. The largest absolute Gasteiger partial charge is 0.396 e. The van der Waals surface area contributed by atoms with Crippen molar-refractivity contribution in [3.05, 3.63) is 39.9 Å². The summed E-state index contributed by atoms with van der Waals surface area (Å²) in [5.41, 5.74) is 2.18. The maximum atomic E-state index is 11.6. The number of aliphatic hydroxyl groups excluding tert-OH is 1. The Kier molecular flexibility index (Phi) is 8.23. The third-order valence-electron chi connectivity index (χ3n) is 2.95. The lowest BCUT2D eigenvalue weighted by Crippen LogP contribution is -2.21. The van der Waals surface area contributed by atoms with Crippen LogP contribution in [0.4, 0.5) is 0 Å². The van der Waals surface area contributed by atoms with Crippen LogP contribution in [-0.4, -0.2) is 24.2 Å². The van der Waals surface area contributed by atoms with Gasteiger partial charge in [0.25, 0.3) is 0 Å². The zero-order chi connectivity index (χ0) is 14.8. The Balaban J connectivity index is 2.29. The molecule has 4 heteroatoms. The van der Waals surface area contributed by atoms with E-state index < -0.39 is 0 Å². The molecular weight excluding hydrogens is 318 g/mol. The van der Waals surface area contributed by atoms with Gasteiger partial charge >= 0.3 is 0 Å². The van der Waals surface area contributed by atoms with Gasteiger partial charge in [0.1, 0.15) is 0 Å². The summed E-state index contributed by atoms with van der Waals surface area (Å²) in [6.07, 6.45) is 7.21. The zero-order valence-corrected chi connectivity index (χ0v) is 13.4. The maximum absolute atomic E-state index is 11.6. The molecular formula is C16H22BrNO2. The Morgan fingerprint density at radius 1 is 1.30 bits per heavy atom. The van der Waals surface area contributed by atoms with Gasteiger partial charge in [0.2, 0.25) is 5.91 Å². The number of unbranched alkanes of at least 4 members (excludes halogenated alkanes) is 3. The molecule has 0 heterocycles. The van der Waals surface area contributed by atoms with Crippen molar-refractivity contribution in [2.24, 2.45) is 0 Å². The van der Waals surface area contributed by atoms with E-state index in [2.05, 4.69) is 21.2 Å². The minimum Gasteiger partial charge on any atom is -0.396 e. The van der Waals surface area contributed by atoms with E-state index >= 15 is 0 Å². The van der Waals surface area contributed by atoms with Gasteiger partial charge in [-0.25, -0.2) is 0 Å². The van der Waals surface area contributed by atoms with E-state index in [-0.39, 0.29) is 12.5 Å². The molecule has 0 spiro atoms. The van der Waals surface area contributed by atoms with Gasteiger partial charge in [-0.1, -0.05) is 40.9 Å². The lowest BCUT2D eigenvalue weighted by molar-refractivity contribution is -0.116. The van der Waals surface area contributed by atoms with Crippen molar-refractivity contribution in [2.45, 2.75) is 32.6 Å². The number of amides is 1. The fourth-order valence-corrected chi connectivity index (χ4v) is 2.42. The van der Waals surface area contributed by atoms with Crippen LogP contribution in [0.1, 0.15) is 36.8 Å². The molecule has 110 valence electrons. The quantitative estimate of drug-likeness (QED) is 0.563. The van der Waals surface area contributed by atoms with Crippen molar-refractivity contribution in [3.8, 4) is 0 Å². The molecule has 0 atom stereocenters. The van der Waals surface area contributed by atoms with Gasteiger partial charge < -0.3 is 10.4 Å². The molecule has 20 heavy (non-hydrogen) atoms. The molecule has 1 aromatic rings. The summed E-state index contributed by atoms with van der Waals surface area (Å²) >= 11 is 3.48. The third-order valence-corrected chi connectivity index (χ3v) is 3.64. The normalized spacial score (nSPS) is 10.9. The molecule has 0 saturated carbocycles. The first-order valence-electron chi connectivity index (χ1n) is 6.96. The van der Waals surface area contributed by atoms with Crippen molar-refractivity contribution in [1.29, 1.82) is 0 Å². The number of benzene rings is 1. The zero-order valence-electron chi connectivity index (χ0n) is 11.9. The summed E-state index contributed by atoms with van der Waals surface area (Å²) in [6.45, 7) is 2.96. The fraction of sp³-hybridized carbons (Fsp3) is 0.438. The Morgan fingerprint density at radius 2 is 2.05 bits per heavy atom. The third kappa shape index (κ3) is 6.87. The summed E-state index contributed by atoms with van der Waals surface area (Å²) in [5.74, 6) is -0.0698.